The number of benzene rings is 3. The third-order valence-corrected chi connectivity index (χ3v) is 3.81. The summed E-state index contributed by atoms with van der Waals surface area (Å²) in [6, 6.07) is 15.2. The molecule has 0 saturated carbocycles. The zero-order chi connectivity index (χ0) is 13.0. The molecule has 0 fully saturated rings. The lowest BCUT2D eigenvalue weighted by atomic mass is 10.0. The molecule has 0 amide bonds. The summed E-state index contributed by atoms with van der Waals surface area (Å²) in [4.78, 5) is 0. The van der Waals surface area contributed by atoms with Crippen molar-refractivity contribution in [2.45, 2.75) is 6.42 Å². The lowest BCUT2D eigenvalue weighted by molar-refractivity contribution is 0.474. The second kappa shape index (κ2) is 3.51. The van der Waals surface area contributed by atoms with Crippen molar-refractivity contribution in [2.24, 2.45) is 0 Å². The third-order valence-electron chi connectivity index (χ3n) is 3.81. The quantitative estimate of drug-likeness (QED) is 0.496. The fourth-order valence-electron chi connectivity index (χ4n) is 2.92. The fourth-order valence-corrected chi connectivity index (χ4v) is 2.92. The summed E-state index contributed by atoms with van der Waals surface area (Å²) in [7, 11) is 0. The van der Waals surface area contributed by atoms with E-state index in [9.17, 15) is 10.2 Å². The maximum atomic E-state index is 9.58. The van der Waals surface area contributed by atoms with Crippen LogP contribution in [-0.2, 0) is 6.42 Å². The predicted molar refractivity (Wildman–Crippen MR) is 75.5 cm³/mol. The Balaban J connectivity index is 2.01. The minimum Gasteiger partial charge on any atom is -0.508 e. The average molecular weight is 248 g/mol. The number of phenols is 2. The Morgan fingerprint density at radius 2 is 1.37 bits per heavy atom. The normalized spacial score (nSPS) is 12.4. The molecule has 4 rings (SSSR count). The van der Waals surface area contributed by atoms with Gasteiger partial charge in [-0.25, -0.2) is 0 Å². The lowest BCUT2D eigenvalue weighted by Gasteiger charge is -2.05. The summed E-state index contributed by atoms with van der Waals surface area (Å²) in [6.07, 6.45) is 0.857. The summed E-state index contributed by atoms with van der Waals surface area (Å²) in [5.41, 5.74) is 4.82. The van der Waals surface area contributed by atoms with Gasteiger partial charge in [-0.2, -0.15) is 0 Å². The molecule has 0 heterocycles. The third kappa shape index (κ3) is 1.50. The van der Waals surface area contributed by atoms with Crippen LogP contribution >= 0.6 is 0 Å². The highest BCUT2D eigenvalue weighted by molar-refractivity contribution is 5.92. The molecule has 0 unspecified atom stereocenters. The van der Waals surface area contributed by atoms with E-state index < -0.39 is 0 Å². The van der Waals surface area contributed by atoms with Crippen LogP contribution in [0.3, 0.4) is 0 Å². The summed E-state index contributed by atoms with van der Waals surface area (Å²) in [5.74, 6) is 0.602. The lowest BCUT2D eigenvalue weighted by Crippen LogP contribution is -1.81. The topological polar surface area (TPSA) is 40.5 Å². The number of aromatic hydroxyl groups is 2. The van der Waals surface area contributed by atoms with Crippen molar-refractivity contribution in [1.29, 1.82) is 0 Å². The Morgan fingerprint density at radius 1 is 0.632 bits per heavy atom. The van der Waals surface area contributed by atoms with Gasteiger partial charge in [0.05, 0.1) is 0 Å². The predicted octanol–water partition coefficient (Wildman–Crippen LogP) is 3.82. The molecule has 0 aliphatic heterocycles. The molecule has 0 bridgehead atoms. The largest absolute Gasteiger partial charge is 0.508 e. The van der Waals surface area contributed by atoms with Gasteiger partial charge in [0.25, 0.3) is 0 Å². The van der Waals surface area contributed by atoms with Crippen molar-refractivity contribution in [3.05, 3.63) is 59.7 Å². The monoisotopic (exact) mass is 248 g/mol. The molecule has 92 valence electrons. The minimum atomic E-state index is 0.288. The highest BCUT2D eigenvalue weighted by Crippen LogP contribution is 2.40. The maximum absolute atomic E-state index is 9.58. The van der Waals surface area contributed by atoms with E-state index in [0.29, 0.717) is 5.75 Å². The SMILES string of the molecule is Oc1ccc2c(c1)Cc1cc3ccc(O)cc3cc1-2. The number of hydrogen-bond donors (Lipinski definition) is 2. The van der Waals surface area contributed by atoms with E-state index in [1.54, 1.807) is 18.2 Å². The maximum Gasteiger partial charge on any atom is 0.116 e. The molecule has 1 aliphatic carbocycles. The molecule has 0 spiro atoms. The van der Waals surface area contributed by atoms with Crippen molar-refractivity contribution < 1.29 is 10.2 Å². The van der Waals surface area contributed by atoms with E-state index in [1.807, 2.05) is 18.2 Å². The number of fused-ring (bicyclic) bond motifs is 4. The highest BCUT2D eigenvalue weighted by Gasteiger charge is 2.19. The molecule has 3 aromatic carbocycles. The van der Waals surface area contributed by atoms with Crippen LogP contribution in [-0.4, -0.2) is 10.2 Å². The van der Waals surface area contributed by atoms with Gasteiger partial charge in [0.15, 0.2) is 0 Å². The van der Waals surface area contributed by atoms with E-state index in [-0.39, 0.29) is 5.75 Å². The van der Waals surface area contributed by atoms with Crippen LogP contribution < -0.4 is 0 Å². The molecular weight excluding hydrogens is 236 g/mol. The van der Waals surface area contributed by atoms with Crippen LogP contribution in [0.15, 0.2) is 48.5 Å². The van der Waals surface area contributed by atoms with E-state index in [2.05, 4.69) is 12.1 Å². The first kappa shape index (κ1) is 10.4. The van der Waals surface area contributed by atoms with Crippen LogP contribution in [0.5, 0.6) is 11.5 Å². The van der Waals surface area contributed by atoms with Gasteiger partial charge in [0.2, 0.25) is 0 Å². The Kier molecular flexibility index (Phi) is 1.93. The molecule has 0 radical (unpaired) electrons. The molecule has 0 aromatic heterocycles. The molecule has 0 atom stereocenters. The van der Waals surface area contributed by atoms with Gasteiger partial charge in [0.1, 0.15) is 11.5 Å². The number of phenolic OH excluding ortho intramolecular Hbond substituents is 2. The van der Waals surface area contributed by atoms with E-state index in [1.165, 1.54) is 16.7 Å². The van der Waals surface area contributed by atoms with Gasteiger partial charge < -0.3 is 10.2 Å². The van der Waals surface area contributed by atoms with Gasteiger partial charge in [-0.3, -0.25) is 0 Å². The Bertz CT molecular complexity index is 819. The second-order valence-corrected chi connectivity index (χ2v) is 5.06. The Morgan fingerprint density at radius 3 is 2.26 bits per heavy atom. The van der Waals surface area contributed by atoms with E-state index >= 15 is 0 Å². The Labute approximate surface area is 110 Å². The number of rotatable bonds is 0. The summed E-state index contributed by atoms with van der Waals surface area (Å²) in [5, 5.41) is 21.3. The molecule has 2 N–H and O–H groups in total. The van der Waals surface area contributed by atoms with Crippen LogP contribution in [0, 0.1) is 0 Å². The summed E-state index contributed by atoms with van der Waals surface area (Å²) in [6.45, 7) is 0. The fraction of sp³-hybridized carbons (Fsp3) is 0.0588. The van der Waals surface area contributed by atoms with Crippen molar-refractivity contribution >= 4 is 10.8 Å². The standard InChI is InChI=1S/C17H12O2/c18-14-2-1-10-5-12-6-13-8-15(19)3-4-16(13)17(12)9-11(10)7-14/h1-5,7-9,18-19H,6H2. The minimum absolute atomic E-state index is 0.288. The molecule has 3 aromatic rings. The number of hydrogen-bond acceptors (Lipinski definition) is 2. The van der Waals surface area contributed by atoms with Gasteiger partial charge in [-0.05, 0) is 69.8 Å². The van der Waals surface area contributed by atoms with Crippen molar-refractivity contribution in [1.82, 2.24) is 0 Å². The summed E-state index contributed by atoms with van der Waals surface area (Å²) >= 11 is 0. The van der Waals surface area contributed by atoms with Crippen LogP contribution in [0.4, 0.5) is 0 Å². The van der Waals surface area contributed by atoms with E-state index in [4.69, 9.17) is 0 Å². The first-order chi connectivity index (χ1) is 9.20. The molecule has 19 heavy (non-hydrogen) atoms. The molecule has 2 heteroatoms. The first-order valence-corrected chi connectivity index (χ1v) is 6.29. The Hall–Kier alpha value is -2.48. The molecule has 0 saturated heterocycles. The smallest absolute Gasteiger partial charge is 0.116 e. The average Bonchev–Trinajstić information content (AvgIpc) is 2.72. The van der Waals surface area contributed by atoms with Gasteiger partial charge in [-0.15, -0.1) is 0 Å². The summed E-state index contributed by atoms with van der Waals surface area (Å²) < 4.78 is 0. The van der Waals surface area contributed by atoms with E-state index in [0.717, 1.165) is 22.8 Å². The second-order valence-electron chi connectivity index (χ2n) is 5.06. The van der Waals surface area contributed by atoms with Crippen molar-refractivity contribution in [3.63, 3.8) is 0 Å². The van der Waals surface area contributed by atoms with Crippen LogP contribution in [0.25, 0.3) is 21.9 Å². The van der Waals surface area contributed by atoms with Crippen LogP contribution in [0.2, 0.25) is 0 Å². The van der Waals surface area contributed by atoms with Gasteiger partial charge >= 0.3 is 0 Å². The van der Waals surface area contributed by atoms with Gasteiger partial charge in [0, 0.05) is 0 Å². The van der Waals surface area contributed by atoms with Gasteiger partial charge in [-0.1, -0.05) is 18.2 Å². The highest BCUT2D eigenvalue weighted by atomic mass is 16.3. The first-order valence-electron chi connectivity index (χ1n) is 6.29. The molecular formula is C17H12O2. The zero-order valence-corrected chi connectivity index (χ0v) is 10.2. The van der Waals surface area contributed by atoms with Crippen molar-refractivity contribution in [3.8, 4) is 22.6 Å². The molecule has 1 aliphatic rings. The van der Waals surface area contributed by atoms with Crippen LogP contribution in [0.1, 0.15) is 11.1 Å². The zero-order valence-electron chi connectivity index (χ0n) is 10.2. The van der Waals surface area contributed by atoms with Crippen molar-refractivity contribution in [2.75, 3.05) is 0 Å². The molecule has 2 nitrogen and oxygen atoms in total.